The lowest BCUT2D eigenvalue weighted by Crippen LogP contribution is -2.30. The molecule has 2 rings (SSSR count). The van der Waals surface area contributed by atoms with E-state index in [1.807, 2.05) is 18.2 Å². The number of nitriles is 1. The fourth-order valence-corrected chi connectivity index (χ4v) is 2.83. The van der Waals surface area contributed by atoms with Crippen LogP contribution < -0.4 is 10.1 Å². The summed E-state index contributed by atoms with van der Waals surface area (Å²) in [5, 5.41) is 11.5. The number of nitrogens with zero attached hydrogens (tertiary/aromatic N) is 1. The maximum atomic E-state index is 12.1. The summed E-state index contributed by atoms with van der Waals surface area (Å²) in [4.78, 5) is 12.1. The summed E-state index contributed by atoms with van der Waals surface area (Å²) < 4.78 is 7.33. The summed E-state index contributed by atoms with van der Waals surface area (Å²) in [6.45, 7) is 1.67. The second-order valence-corrected chi connectivity index (χ2v) is 6.28. The zero-order chi connectivity index (χ0) is 16.1. The summed E-state index contributed by atoms with van der Waals surface area (Å²) >= 11 is 6.75. The van der Waals surface area contributed by atoms with Gasteiger partial charge in [0.05, 0.1) is 16.1 Å². The summed E-state index contributed by atoms with van der Waals surface area (Å²) in [5.74, 6) is 0.324. The molecule has 1 N–H and O–H groups in total. The van der Waals surface area contributed by atoms with Crippen molar-refractivity contribution < 1.29 is 9.53 Å². The number of amides is 1. The first kappa shape index (κ1) is 16.5. The lowest BCUT2D eigenvalue weighted by molar-refractivity contribution is -0.122. The molecule has 0 saturated heterocycles. The maximum absolute atomic E-state index is 12.1. The molecule has 1 atom stereocenters. The molecule has 1 amide bonds. The number of nitrogens with one attached hydrogen (secondary N) is 1. The summed E-state index contributed by atoms with van der Waals surface area (Å²) in [6.07, 6.45) is -0.659. The first-order valence-electron chi connectivity index (χ1n) is 6.42. The van der Waals surface area contributed by atoms with Gasteiger partial charge in [-0.3, -0.25) is 4.79 Å². The highest BCUT2D eigenvalue weighted by Gasteiger charge is 2.16. The number of rotatable bonds is 4. The number of carbonyl (C=O) groups excluding carboxylic acids is 1. The smallest absolute Gasteiger partial charge is 0.265 e. The van der Waals surface area contributed by atoms with Crippen molar-refractivity contribution in [3.63, 3.8) is 0 Å². The van der Waals surface area contributed by atoms with Crippen LogP contribution in [0.25, 0.3) is 0 Å². The van der Waals surface area contributed by atoms with E-state index in [9.17, 15) is 4.79 Å². The molecule has 2 aromatic rings. The molecule has 0 aliphatic rings. The summed E-state index contributed by atoms with van der Waals surface area (Å²) in [7, 11) is 0. The lowest BCUT2D eigenvalue weighted by atomic mass is 10.2. The largest absolute Gasteiger partial charge is 0.480 e. The van der Waals surface area contributed by atoms with Crippen LogP contribution in [0.4, 0.5) is 5.69 Å². The number of carbonyl (C=O) groups is 1. The predicted molar refractivity (Wildman–Crippen MR) is 91.7 cm³/mol. The van der Waals surface area contributed by atoms with Crippen LogP contribution in [0, 0.1) is 11.3 Å². The fraction of sp³-hybridized carbons (Fsp3) is 0.125. The van der Waals surface area contributed by atoms with Gasteiger partial charge in [0, 0.05) is 10.2 Å². The number of hydrogen-bond donors (Lipinski definition) is 1. The van der Waals surface area contributed by atoms with E-state index in [4.69, 9.17) is 10.00 Å². The molecule has 0 heterocycles. The lowest BCUT2D eigenvalue weighted by Gasteiger charge is -2.16. The molecule has 2 aromatic carbocycles. The number of benzene rings is 2. The van der Waals surface area contributed by atoms with E-state index in [-0.39, 0.29) is 5.91 Å². The van der Waals surface area contributed by atoms with E-state index < -0.39 is 6.10 Å². The number of anilines is 1. The van der Waals surface area contributed by atoms with Gasteiger partial charge >= 0.3 is 0 Å². The molecular weight excluding hydrogens is 412 g/mol. The molecular formula is C16H12Br2N2O2. The standard InChI is InChI=1S/C16H12Br2N2O2/c1-10(22-15-7-4-12(17)8-14(15)18)16(21)20-13-5-2-11(9-19)3-6-13/h2-8,10H,1H3,(H,20,21)/t10-/m0/s1. The topological polar surface area (TPSA) is 62.1 Å². The molecule has 0 radical (unpaired) electrons. The molecule has 0 fully saturated rings. The van der Waals surface area contributed by atoms with Crippen molar-refractivity contribution in [2.45, 2.75) is 13.0 Å². The molecule has 0 bridgehead atoms. The Hall–Kier alpha value is -1.84. The van der Waals surface area contributed by atoms with E-state index in [1.165, 1.54) is 0 Å². The molecule has 0 spiro atoms. The Labute approximate surface area is 145 Å². The van der Waals surface area contributed by atoms with Crippen molar-refractivity contribution >= 4 is 43.5 Å². The number of ether oxygens (including phenoxy) is 1. The van der Waals surface area contributed by atoms with Gasteiger partial charge in [0.2, 0.25) is 0 Å². The molecule has 6 heteroatoms. The quantitative estimate of drug-likeness (QED) is 0.787. The van der Waals surface area contributed by atoms with Gasteiger partial charge in [-0.1, -0.05) is 15.9 Å². The molecule has 4 nitrogen and oxygen atoms in total. The van der Waals surface area contributed by atoms with Crippen molar-refractivity contribution in [3.8, 4) is 11.8 Å². The van der Waals surface area contributed by atoms with Crippen LogP contribution >= 0.6 is 31.9 Å². The zero-order valence-corrected chi connectivity index (χ0v) is 14.8. The Bertz CT molecular complexity index is 724. The SMILES string of the molecule is C[C@H](Oc1ccc(Br)cc1Br)C(=O)Nc1ccc(C#N)cc1. The first-order valence-corrected chi connectivity index (χ1v) is 8.01. The Balaban J connectivity index is 2.01. The van der Waals surface area contributed by atoms with Gasteiger partial charge in [0.1, 0.15) is 5.75 Å². The van der Waals surface area contributed by atoms with Crippen LogP contribution in [0.2, 0.25) is 0 Å². The third kappa shape index (κ3) is 4.33. The zero-order valence-electron chi connectivity index (χ0n) is 11.6. The minimum atomic E-state index is -0.659. The number of halogens is 2. The van der Waals surface area contributed by atoms with E-state index in [2.05, 4.69) is 37.2 Å². The maximum Gasteiger partial charge on any atom is 0.265 e. The normalized spacial score (nSPS) is 11.4. The van der Waals surface area contributed by atoms with Gasteiger partial charge in [-0.25, -0.2) is 0 Å². The van der Waals surface area contributed by atoms with Crippen LogP contribution in [0.15, 0.2) is 51.4 Å². The molecule has 0 aliphatic heterocycles. The van der Waals surface area contributed by atoms with Crippen LogP contribution in [-0.4, -0.2) is 12.0 Å². The average molecular weight is 424 g/mol. The Kier molecular flexibility index (Phi) is 5.58. The van der Waals surface area contributed by atoms with Gasteiger partial charge in [0.25, 0.3) is 5.91 Å². The van der Waals surface area contributed by atoms with Crippen molar-refractivity contribution in [1.29, 1.82) is 5.26 Å². The molecule has 112 valence electrons. The molecule has 0 saturated carbocycles. The highest BCUT2D eigenvalue weighted by Crippen LogP contribution is 2.29. The van der Waals surface area contributed by atoms with Crippen molar-refractivity contribution in [2.24, 2.45) is 0 Å². The second kappa shape index (κ2) is 7.43. The van der Waals surface area contributed by atoms with Crippen LogP contribution in [0.3, 0.4) is 0 Å². The molecule has 0 unspecified atom stereocenters. The molecule has 22 heavy (non-hydrogen) atoms. The first-order chi connectivity index (χ1) is 10.5. The van der Waals surface area contributed by atoms with Crippen molar-refractivity contribution in [2.75, 3.05) is 5.32 Å². The van der Waals surface area contributed by atoms with E-state index >= 15 is 0 Å². The van der Waals surface area contributed by atoms with Gasteiger partial charge < -0.3 is 10.1 Å². The van der Waals surface area contributed by atoms with Crippen molar-refractivity contribution in [3.05, 3.63) is 57.0 Å². The van der Waals surface area contributed by atoms with Gasteiger partial charge in [-0.2, -0.15) is 5.26 Å². The third-order valence-electron chi connectivity index (χ3n) is 2.85. The van der Waals surface area contributed by atoms with Gasteiger partial charge in [0.15, 0.2) is 6.10 Å². The average Bonchev–Trinajstić information content (AvgIpc) is 2.50. The Morgan fingerprint density at radius 1 is 1.23 bits per heavy atom. The van der Waals surface area contributed by atoms with Crippen LogP contribution in [0.5, 0.6) is 5.75 Å². The van der Waals surface area contributed by atoms with Crippen LogP contribution in [0.1, 0.15) is 12.5 Å². The van der Waals surface area contributed by atoms with Gasteiger partial charge in [-0.05, 0) is 65.3 Å². The highest BCUT2D eigenvalue weighted by atomic mass is 79.9. The fourth-order valence-electron chi connectivity index (χ4n) is 1.69. The van der Waals surface area contributed by atoms with E-state index in [0.717, 1.165) is 8.95 Å². The highest BCUT2D eigenvalue weighted by molar-refractivity contribution is 9.11. The van der Waals surface area contributed by atoms with Gasteiger partial charge in [-0.15, -0.1) is 0 Å². The number of hydrogen-bond acceptors (Lipinski definition) is 3. The summed E-state index contributed by atoms with van der Waals surface area (Å²) in [5.41, 5.74) is 1.16. The summed E-state index contributed by atoms with van der Waals surface area (Å²) in [6, 6.07) is 14.1. The Morgan fingerprint density at radius 2 is 1.91 bits per heavy atom. The molecule has 0 aromatic heterocycles. The minimum Gasteiger partial charge on any atom is -0.480 e. The third-order valence-corrected chi connectivity index (χ3v) is 3.96. The predicted octanol–water partition coefficient (Wildman–Crippen LogP) is 4.49. The second-order valence-electron chi connectivity index (χ2n) is 4.51. The molecule has 0 aliphatic carbocycles. The monoisotopic (exact) mass is 422 g/mol. The van der Waals surface area contributed by atoms with E-state index in [0.29, 0.717) is 17.0 Å². The van der Waals surface area contributed by atoms with Crippen molar-refractivity contribution in [1.82, 2.24) is 0 Å². The minimum absolute atomic E-state index is 0.264. The van der Waals surface area contributed by atoms with Crippen LogP contribution in [-0.2, 0) is 4.79 Å². The van der Waals surface area contributed by atoms with E-state index in [1.54, 1.807) is 37.3 Å². The Morgan fingerprint density at radius 3 is 2.50 bits per heavy atom.